The van der Waals surface area contributed by atoms with E-state index in [1.807, 2.05) is 6.92 Å². The number of rotatable bonds is 6. The largest absolute Gasteiger partial charge is 0.380 e. The fraction of sp³-hybridized carbons (Fsp3) is 0.222. The lowest BCUT2D eigenvalue weighted by molar-refractivity contribution is -0.384. The fourth-order valence-corrected chi connectivity index (χ4v) is 4.11. The third kappa shape index (κ3) is 4.41. The first-order valence-electron chi connectivity index (χ1n) is 8.30. The number of amides is 1. The van der Waals surface area contributed by atoms with Crippen LogP contribution in [0.1, 0.15) is 17.3 Å². The molecule has 0 aliphatic carbocycles. The van der Waals surface area contributed by atoms with Gasteiger partial charge in [0.15, 0.2) is 4.80 Å². The van der Waals surface area contributed by atoms with Crippen LogP contribution < -0.4 is 4.80 Å². The van der Waals surface area contributed by atoms with Crippen molar-refractivity contribution in [2.75, 3.05) is 13.2 Å². The van der Waals surface area contributed by atoms with Gasteiger partial charge in [-0.3, -0.25) is 14.9 Å². The Labute approximate surface area is 173 Å². The highest BCUT2D eigenvalue weighted by atomic mass is 35.5. The van der Waals surface area contributed by atoms with Gasteiger partial charge in [-0.1, -0.05) is 34.5 Å². The predicted molar refractivity (Wildman–Crippen MR) is 109 cm³/mol. The average Bonchev–Trinajstić information content (AvgIpc) is 2.98. The number of benzene rings is 2. The maximum absolute atomic E-state index is 12.6. The fourth-order valence-electron chi connectivity index (χ4n) is 2.58. The zero-order chi connectivity index (χ0) is 20.3. The van der Waals surface area contributed by atoms with E-state index in [0.717, 1.165) is 4.70 Å². The molecule has 0 radical (unpaired) electrons. The van der Waals surface area contributed by atoms with Gasteiger partial charge in [0.2, 0.25) is 0 Å². The monoisotopic (exact) mass is 439 g/mol. The summed E-state index contributed by atoms with van der Waals surface area (Å²) in [7, 11) is 0. The molecule has 0 aliphatic rings. The average molecular weight is 440 g/mol. The number of thiazole rings is 1. The van der Waals surface area contributed by atoms with E-state index in [0.29, 0.717) is 35.1 Å². The van der Waals surface area contributed by atoms with E-state index in [4.69, 9.17) is 27.9 Å². The van der Waals surface area contributed by atoms with Crippen LogP contribution >= 0.6 is 34.5 Å². The lowest BCUT2D eigenvalue weighted by Gasteiger charge is -2.05. The molecule has 0 saturated carbocycles. The van der Waals surface area contributed by atoms with E-state index >= 15 is 0 Å². The Kier molecular flexibility index (Phi) is 6.46. The van der Waals surface area contributed by atoms with Crippen LogP contribution in [-0.4, -0.2) is 28.6 Å². The van der Waals surface area contributed by atoms with Gasteiger partial charge in [-0.25, -0.2) is 0 Å². The summed E-state index contributed by atoms with van der Waals surface area (Å²) in [4.78, 5) is 27.9. The molecule has 146 valence electrons. The molecular weight excluding hydrogens is 425 g/mol. The molecule has 10 heteroatoms. The van der Waals surface area contributed by atoms with Crippen molar-refractivity contribution in [2.45, 2.75) is 13.5 Å². The van der Waals surface area contributed by atoms with Crippen LogP contribution in [0.4, 0.5) is 5.69 Å². The molecule has 28 heavy (non-hydrogen) atoms. The van der Waals surface area contributed by atoms with Gasteiger partial charge in [-0.05, 0) is 31.2 Å². The number of carbonyl (C=O) groups is 1. The van der Waals surface area contributed by atoms with Crippen molar-refractivity contribution in [1.82, 2.24) is 4.57 Å². The normalized spacial score (nSPS) is 11.9. The molecule has 3 aromatic rings. The third-order valence-electron chi connectivity index (χ3n) is 3.90. The number of nitrogens with zero attached hydrogens (tertiary/aromatic N) is 3. The van der Waals surface area contributed by atoms with Crippen LogP contribution in [0.15, 0.2) is 41.4 Å². The first-order valence-corrected chi connectivity index (χ1v) is 9.87. The molecule has 1 amide bonds. The molecule has 1 heterocycles. The van der Waals surface area contributed by atoms with Crippen molar-refractivity contribution < 1.29 is 14.5 Å². The van der Waals surface area contributed by atoms with Gasteiger partial charge in [0.1, 0.15) is 0 Å². The Balaban J connectivity index is 2.12. The van der Waals surface area contributed by atoms with E-state index in [-0.39, 0.29) is 16.3 Å². The highest BCUT2D eigenvalue weighted by molar-refractivity contribution is 7.16. The molecule has 0 bridgehead atoms. The maximum Gasteiger partial charge on any atom is 0.281 e. The lowest BCUT2D eigenvalue weighted by Crippen LogP contribution is -2.20. The molecule has 0 atom stereocenters. The molecule has 0 N–H and O–H groups in total. The zero-order valence-electron chi connectivity index (χ0n) is 14.7. The summed E-state index contributed by atoms with van der Waals surface area (Å²) in [6.45, 7) is 3.19. The Hall–Kier alpha value is -2.26. The second-order valence-electron chi connectivity index (χ2n) is 5.68. The summed E-state index contributed by atoms with van der Waals surface area (Å²) < 4.78 is 7.91. The topological polar surface area (TPSA) is 86.7 Å². The molecular formula is C18H15Cl2N3O4S. The predicted octanol–water partition coefficient (Wildman–Crippen LogP) is 4.70. The van der Waals surface area contributed by atoms with Gasteiger partial charge >= 0.3 is 0 Å². The van der Waals surface area contributed by atoms with Crippen LogP contribution in [0.3, 0.4) is 0 Å². The Bertz CT molecular complexity index is 1120. The summed E-state index contributed by atoms with van der Waals surface area (Å²) in [5.41, 5.74) is 0.813. The van der Waals surface area contributed by atoms with Crippen LogP contribution in [0, 0.1) is 10.1 Å². The summed E-state index contributed by atoms with van der Waals surface area (Å²) in [5.74, 6) is -0.520. The van der Waals surface area contributed by atoms with Gasteiger partial charge in [0.05, 0.1) is 32.3 Å². The van der Waals surface area contributed by atoms with Crippen molar-refractivity contribution in [3.8, 4) is 0 Å². The molecule has 3 rings (SSSR count). The van der Waals surface area contributed by atoms with Crippen LogP contribution in [0.5, 0.6) is 0 Å². The molecule has 0 fully saturated rings. The summed E-state index contributed by atoms with van der Waals surface area (Å²) >= 11 is 13.2. The molecule has 1 aromatic heterocycles. The lowest BCUT2D eigenvalue weighted by atomic mass is 10.2. The van der Waals surface area contributed by atoms with Crippen LogP contribution in [0.25, 0.3) is 10.2 Å². The summed E-state index contributed by atoms with van der Waals surface area (Å²) in [6, 6.07) is 9.09. The smallest absolute Gasteiger partial charge is 0.281 e. The molecule has 7 nitrogen and oxygen atoms in total. The quantitative estimate of drug-likeness (QED) is 0.316. The SMILES string of the molecule is CCOCCn1c(=NC(=O)c2ccc(Cl)cc2Cl)sc2ccc([N+](=O)[O-])cc21. The number of carbonyl (C=O) groups excluding carboxylic acids is 1. The van der Waals surface area contributed by atoms with E-state index in [1.54, 1.807) is 16.7 Å². The molecule has 0 saturated heterocycles. The van der Waals surface area contributed by atoms with E-state index in [2.05, 4.69) is 4.99 Å². The van der Waals surface area contributed by atoms with Crippen LogP contribution in [0.2, 0.25) is 10.0 Å². The number of nitro benzene ring substituents is 1. The number of non-ortho nitro benzene ring substituents is 1. The molecule has 2 aromatic carbocycles. The van der Waals surface area contributed by atoms with Crippen molar-refractivity contribution in [1.29, 1.82) is 0 Å². The third-order valence-corrected chi connectivity index (χ3v) is 5.51. The maximum atomic E-state index is 12.6. The number of fused-ring (bicyclic) bond motifs is 1. The molecule has 0 spiro atoms. The van der Waals surface area contributed by atoms with Crippen molar-refractivity contribution in [3.63, 3.8) is 0 Å². The van der Waals surface area contributed by atoms with E-state index in [1.165, 1.54) is 35.6 Å². The van der Waals surface area contributed by atoms with Crippen LogP contribution in [-0.2, 0) is 11.3 Å². The standard InChI is InChI=1S/C18H15Cl2N3O4S/c1-2-27-8-7-22-15-10-12(23(25)26)4-6-16(15)28-18(22)21-17(24)13-5-3-11(19)9-14(13)20/h3-6,9-10H,2,7-8H2,1H3. The second-order valence-corrected chi connectivity index (χ2v) is 7.54. The Morgan fingerprint density at radius 2 is 2.07 bits per heavy atom. The summed E-state index contributed by atoms with van der Waals surface area (Å²) in [5, 5.41) is 11.7. The van der Waals surface area contributed by atoms with E-state index in [9.17, 15) is 14.9 Å². The number of hydrogen-bond donors (Lipinski definition) is 0. The van der Waals surface area contributed by atoms with Crippen molar-refractivity contribution in [3.05, 3.63) is 66.9 Å². The second kappa shape index (κ2) is 8.83. The number of halogens is 2. The number of aromatic nitrogens is 1. The first-order chi connectivity index (χ1) is 13.4. The van der Waals surface area contributed by atoms with E-state index < -0.39 is 10.8 Å². The minimum absolute atomic E-state index is 0.0333. The van der Waals surface area contributed by atoms with Gasteiger partial charge in [-0.15, -0.1) is 0 Å². The van der Waals surface area contributed by atoms with Gasteiger partial charge in [-0.2, -0.15) is 4.99 Å². The molecule has 0 aliphatic heterocycles. The number of ether oxygens (including phenoxy) is 1. The Morgan fingerprint density at radius 1 is 1.29 bits per heavy atom. The number of nitro groups is 1. The first kappa shape index (κ1) is 20.5. The molecule has 0 unspecified atom stereocenters. The van der Waals surface area contributed by atoms with Crippen molar-refractivity contribution in [2.24, 2.45) is 4.99 Å². The number of hydrogen-bond acceptors (Lipinski definition) is 5. The Morgan fingerprint density at radius 3 is 2.75 bits per heavy atom. The minimum atomic E-state index is -0.520. The van der Waals surface area contributed by atoms with Gasteiger partial charge in [0, 0.05) is 30.3 Å². The highest BCUT2D eigenvalue weighted by Gasteiger charge is 2.15. The van der Waals surface area contributed by atoms with Gasteiger partial charge in [0.25, 0.3) is 11.6 Å². The van der Waals surface area contributed by atoms with Gasteiger partial charge < -0.3 is 9.30 Å². The summed E-state index contributed by atoms with van der Waals surface area (Å²) in [6.07, 6.45) is 0. The van der Waals surface area contributed by atoms with Crippen molar-refractivity contribution >= 4 is 56.3 Å². The zero-order valence-corrected chi connectivity index (χ0v) is 17.1. The highest BCUT2D eigenvalue weighted by Crippen LogP contribution is 2.24. The minimum Gasteiger partial charge on any atom is -0.380 e.